The fourth-order valence-electron chi connectivity index (χ4n) is 2.81. The summed E-state index contributed by atoms with van der Waals surface area (Å²) in [6, 6.07) is 16.8. The number of nitrogens with one attached hydrogen (secondary N) is 1. The van der Waals surface area contributed by atoms with Crippen molar-refractivity contribution in [2.24, 2.45) is 0 Å². The maximum atomic E-state index is 12.6. The maximum absolute atomic E-state index is 12.6. The van der Waals surface area contributed by atoms with Crippen molar-refractivity contribution in [3.63, 3.8) is 0 Å². The van der Waals surface area contributed by atoms with E-state index in [1.165, 1.54) is 6.92 Å². The largest absolute Gasteiger partial charge is 0.449 e. The summed E-state index contributed by atoms with van der Waals surface area (Å²) >= 11 is 0. The second kappa shape index (κ2) is 9.19. The highest BCUT2D eigenvalue weighted by molar-refractivity contribution is 5.97. The van der Waals surface area contributed by atoms with Gasteiger partial charge in [0.2, 0.25) is 5.76 Å². The minimum atomic E-state index is -0.954. The van der Waals surface area contributed by atoms with Crippen molar-refractivity contribution in [1.82, 2.24) is 5.32 Å². The third-order valence-corrected chi connectivity index (χ3v) is 4.30. The zero-order valence-corrected chi connectivity index (χ0v) is 15.9. The fraction of sp³-hybridized carbons (Fsp3) is 0.273. The molecule has 1 aromatic heterocycles. The molecule has 1 atom stereocenters. The number of carbonyl (C=O) groups is 2. The van der Waals surface area contributed by atoms with Gasteiger partial charge in [-0.15, -0.1) is 0 Å². The molecule has 0 aliphatic rings. The molecule has 28 heavy (non-hydrogen) atoms. The van der Waals surface area contributed by atoms with E-state index in [2.05, 4.69) is 5.32 Å². The quantitative estimate of drug-likeness (QED) is 0.600. The fourth-order valence-corrected chi connectivity index (χ4v) is 2.81. The van der Waals surface area contributed by atoms with Crippen LogP contribution in [-0.2, 0) is 27.4 Å². The predicted molar refractivity (Wildman–Crippen MR) is 105 cm³/mol. The molecule has 6 nitrogen and oxygen atoms in total. The van der Waals surface area contributed by atoms with Crippen LogP contribution in [0.3, 0.4) is 0 Å². The van der Waals surface area contributed by atoms with Crippen molar-refractivity contribution in [3.8, 4) is 0 Å². The van der Waals surface area contributed by atoms with Gasteiger partial charge in [0.05, 0.1) is 6.61 Å². The molecule has 0 radical (unpaired) electrons. The standard InChI is InChI=1S/C22H23NO5/c1-3-26-14-18-17-11-7-8-12-19(17)28-20(18)22(25)27-15(2)21(24)23-13-16-9-5-4-6-10-16/h4-12,15H,3,13-14H2,1-2H3,(H,23,24)/t15-/m1/s1. The number of furan rings is 1. The summed E-state index contributed by atoms with van der Waals surface area (Å²) in [5.41, 5.74) is 2.16. The Morgan fingerprint density at radius 1 is 1.07 bits per heavy atom. The lowest BCUT2D eigenvalue weighted by atomic mass is 10.1. The van der Waals surface area contributed by atoms with Gasteiger partial charge in [0.15, 0.2) is 6.10 Å². The summed E-state index contributed by atoms with van der Waals surface area (Å²) in [5.74, 6) is -0.995. The minimum Gasteiger partial charge on any atom is -0.449 e. The van der Waals surface area contributed by atoms with E-state index in [1.54, 1.807) is 6.07 Å². The number of fused-ring (bicyclic) bond motifs is 1. The molecule has 0 saturated heterocycles. The summed E-state index contributed by atoms with van der Waals surface area (Å²) in [7, 11) is 0. The Bertz CT molecular complexity index is 948. The Morgan fingerprint density at radius 3 is 2.54 bits per heavy atom. The van der Waals surface area contributed by atoms with E-state index in [4.69, 9.17) is 13.9 Å². The van der Waals surface area contributed by atoms with E-state index in [0.717, 1.165) is 10.9 Å². The molecule has 1 heterocycles. The van der Waals surface area contributed by atoms with Gasteiger partial charge < -0.3 is 19.2 Å². The predicted octanol–water partition coefficient (Wildman–Crippen LogP) is 3.83. The molecule has 2 aromatic carbocycles. The van der Waals surface area contributed by atoms with Crippen molar-refractivity contribution in [2.45, 2.75) is 33.1 Å². The van der Waals surface area contributed by atoms with E-state index in [0.29, 0.717) is 24.3 Å². The molecule has 146 valence electrons. The Morgan fingerprint density at radius 2 is 1.79 bits per heavy atom. The highest BCUT2D eigenvalue weighted by atomic mass is 16.6. The lowest BCUT2D eigenvalue weighted by molar-refractivity contribution is -0.129. The van der Waals surface area contributed by atoms with Gasteiger partial charge in [-0.2, -0.15) is 0 Å². The SMILES string of the molecule is CCOCc1c(C(=O)O[C@H](C)C(=O)NCc2ccccc2)oc2ccccc12. The molecule has 0 aliphatic heterocycles. The lowest BCUT2D eigenvalue weighted by Crippen LogP contribution is -2.35. The van der Waals surface area contributed by atoms with Gasteiger partial charge in [-0.1, -0.05) is 48.5 Å². The molecule has 3 rings (SSSR count). The van der Waals surface area contributed by atoms with Crippen molar-refractivity contribution in [3.05, 3.63) is 71.5 Å². The van der Waals surface area contributed by atoms with Crippen molar-refractivity contribution in [1.29, 1.82) is 0 Å². The first-order valence-electron chi connectivity index (χ1n) is 9.21. The highest BCUT2D eigenvalue weighted by Gasteiger charge is 2.25. The first-order valence-corrected chi connectivity index (χ1v) is 9.21. The van der Waals surface area contributed by atoms with Crippen LogP contribution in [-0.4, -0.2) is 24.6 Å². The van der Waals surface area contributed by atoms with E-state index in [9.17, 15) is 9.59 Å². The highest BCUT2D eigenvalue weighted by Crippen LogP contribution is 2.27. The molecule has 6 heteroatoms. The first-order chi connectivity index (χ1) is 13.6. The van der Waals surface area contributed by atoms with E-state index >= 15 is 0 Å². The summed E-state index contributed by atoms with van der Waals surface area (Å²) in [5, 5.41) is 3.56. The van der Waals surface area contributed by atoms with E-state index in [-0.39, 0.29) is 18.3 Å². The third-order valence-electron chi connectivity index (χ3n) is 4.30. The summed E-state index contributed by atoms with van der Waals surface area (Å²) < 4.78 is 16.5. The molecular formula is C22H23NO5. The average molecular weight is 381 g/mol. The van der Waals surface area contributed by atoms with E-state index in [1.807, 2.05) is 55.5 Å². The molecule has 1 N–H and O–H groups in total. The molecule has 0 bridgehead atoms. The zero-order chi connectivity index (χ0) is 19.9. The number of amides is 1. The van der Waals surface area contributed by atoms with Crippen LogP contribution in [0.4, 0.5) is 0 Å². The Kier molecular flexibility index (Phi) is 6.45. The van der Waals surface area contributed by atoms with Crippen LogP contribution in [0.25, 0.3) is 11.0 Å². The van der Waals surface area contributed by atoms with Gasteiger partial charge in [0, 0.05) is 24.1 Å². The Labute approximate surface area is 163 Å². The van der Waals surface area contributed by atoms with Crippen molar-refractivity contribution in [2.75, 3.05) is 6.61 Å². The average Bonchev–Trinajstić information content (AvgIpc) is 3.09. The van der Waals surface area contributed by atoms with Crippen LogP contribution < -0.4 is 5.32 Å². The Hall–Kier alpha value is -3.12. The van der Waals surface area contributed by atoms with E-state index < -0.39 is 12.1 Å². The minimum absolute atomic E-state index is 0.0670. The van der Waals surface area contributed by atoms with Gasteiger partial charge in [0.25, 0.3) is 5.91 Å². The number of carbonyl (C=O) groups excluding carboxylic acids is 2. The number of ether oxygens (including phenoxy) is 2. The van der Waals surface area contributed by atoms with Crippen LogP contribution >= 0.6 is 0 Å². The van der Waals surface area contributed by atoms with Crippen LogP contribution in [0.1, 0.15) is 35.5 Å². The number of benzene rings is 2. The zero-order valence-electron chi connectivity index (χ0n) is 15.9. The second-order valence-electron chi connectivity index (χ2n) is 6.29. The monoisotopic (exact) mass is 381 g/mol. The first kappa shape index (κ1) is 19.6. The maximum Gasteiger partial charge on any atom is 0.375 e. The molecule has 3 aromatic rings. The van der Waals surface area contributed by atoms with Crippen LogP contribution in [0, 0.1) is 0 Å². The normalized spacial score (nSPS) is 11.9. The van der Waals surface area contributed by atoms with Crippen LogP contribution in [0.2, 0.25) is 0 Å². The summed E-state index contributed by atoms with van der Waals surface area (Å²) in [6.45, 7) is 4.50. The number of hydrogen-bond donors (Lipinski definition) is 1. The van der Waals surface area contributed by atoms with Gasteiger partial charge in [-0.3, -0.25) is 4.79 Å². The van der Waals surface area contributed by atoms with Crippen molar-refractivity contribution < 1.29 is 23.5 Å². The van der Waals surface area contributed by atoms with Crippen LogP contribution in [0.5, 0.6) is 0 Å². The van der Waals surface area contributed by atoms with Crippen molar-refractivity contribution >= 4 is 22.8 Å². The smallest absolute Gasteiger partial charge is 0.375 e. The number of rotatable bonds is 8. The van der Waals surface area contributed by atoms with Crippen LogP contribution in [0.15, 0.2) is 59.0 Å². The molecule has 0 spiro atoms. The van der Waals surface area contributed by atoms with Gasteiger partial charge in [0.1, 0.15) is 5.58 Å². The lowest BCUT2D eigenvalue weighted by Gasteiger charge is -2.13. The molecule has 1 amide bonds. The molecule has 0 unspecified atom stereocenters. The second-order valence-corrected chi connectivity index (χ2v) is 6.29. The van der Waals surface area contributed by atoms with Gasteiger partial charge in [-0.05, 0) is 25.5 Å². The number of para-hydroxylation sites is 1. The number of hydrogen-bond acceptors (Lipinski definition) is 5. The Balaban J connectivity index is 1.68. The summed E-state index contributed by atoms with van der Waals surface area (Å²) in [6.07, 6.45) is -0.954. The van der Waals surface area contributed by atoms with Gasteiger partial charge >= 0.3 is 5.97 Å². The molecular weight excluding hydrogens is 358 g/mol. The topological polar surface area (TPSA) is 77.8 Å². The van der Waals surface area contributed by atoms with Gasteiger partial charge in [-0.25, -0.2) is 4.79 Å². The molecule has 0 saturated carbocycles. The number of esters is 1. The molecule has 0 fully saturated rings. The third kappa shape index (κ3) is 4.58. The molecule has 0 aliphatic carbocycles. The summed E-state index contributed by atoms with van der Waals surface area (Å²) in [4.78, 5) is 24.9.